The molecular formula is C11H7N3O. The fourth-order valence-electron chi connectivity index (χ4n) is 1.72. The molecule has 4 nitrogen and oxygen atoms in total. The van der Waals surface area contributed by atoms with Crippen molar-refractivity contribution in [1.82, 2.24) is 0 Å². The average molecular weight is 197 g/mol. The molecule has 0 unspecified atom stereocenters. The van der Waals surface area contributed by atoms with E-state index in [1.807, 2.05) is 25.1 Å². The van der Waals surface area contributed by atoms with E-state index in [2.05, 4.69) is 15.0 Å². The standard InChI is InChI=1S/C11H7N3O/c1-6-2-3-8-7(4-6)9-10(14-8)11(15)13-5-12-9/h2-5H,1H3. The second kappa shape index (κ2) is 2.70. The Bertz CT molecular complexity index is 567. The van der Waals surface area contributed by atoms with Crippen LogP contribution in [-0.2, 0) is 4.79 Å². The third-order valence-corrected chi connectivity index (χ3v) is 2.43. The summed E-state index contributed by atoms with van der Waals surface area (Å²) in [5.74, 6) is -0.311. The molecule has 0 N–H and O–H groups in total. The van der Waals surface area contributed by atoms with Crippen LogP contribution in [0.2, 0.25) is 0 Å². The first-order chi connectivity index (χ1) is 7.25. The van der Waals surface area contributed by atoms with Crippen LogP contribution in [0.3, 0.4) is 0 Å². The number of carbonyl (C=O) groups is 1. The lowest BCUT2D eigenvalue weighted by molar-refractivity contribution is -0.111. The molecule has 0 fully saturated rings. The van der Waals surface area contributed by atoms with E-state index in [0.29, 0.717) is 11.4 Å². The van der Waals surface area contributed by atoms with Crippen molar-refractivity contribution in [2.45, 2.75) is 6.92 Å². The van der Waals surface area contributed by atoms with Gasteiger partial charge in [-0.15, -0.1) is 0 Å². The number of rotatable bonds is 0. The maximum atomic E-state index is 11.4. The van der Waals surface area contributed by atoms with Gasteiger partial charge in [0.15, 0.2) is 5.71 Å². The molecule has 2 aliphatic rings. The monoisotopic (exact) mass is 197 g/mol. The fraction of sp³-hybridized carbons (Fsp3) is 0.0909. The first-order valence-corrected chi connectivity index (χ1v) is 4.60. The molecule has 0 radical (unpaired) electrons. The summed E-state index contributed by atoms with van der Waals surface area (Å²) in [5, 5.41) is 0. The Balaban J connectivity index is 2.27. The predicted molar refractivity (Wildman–Crippen MR) is 58.3 cm³/mol. The minimum Gasteiger partial charge on any atom is -0.265 e. The van der Waals surface area contributed by atoms with Crippen molar-refractivity contribution in [2.24, 2.45) is 15.0 Å². The van der Waals surface area contributed by atoms with Gasteiger partial charge in [-0.1, -0.05) is 11.6 Å². The summed E-state index contributed by atoms with van der Waals surface area (Å²) in [6.45, 7) is 2.00. The lowest BCUT2D eigenvalue weighted by atomic mass is 10.0. The van der Waals surface area contributed by atoms with Crippen LogP contribution in [0.1, 0.15) is 11.1 Å². The highest BCUT2D eigenvalue weighted by molar-refractivity contribution is 6.74. The lowest BCUT2D eigenvalue weighted by Gasteiger charge is -2.03. The Hall–Kier alpha value is -2.10. The van der Waals surface area contributed by atoms with Crippen LogP contribution >= 0.6 is 0 Å². The van der Waals surface area contributed by atoms with Gasteiger partial charge < -0.3 is 0 Å². The molecule has 0 saturated heterocycles. The normalized spacial score (nSPS) is 17.0. The van der Waals surface area contributed by atoms with Gasteiger partial charge in [-0.3, -0.25) is 4.79 Å². The number of amides is 1. The Morgan fingerprint density at radius 1 is 1.20 bits per heavy atom. The number of nitrogens with zero attached hydrogens (tertiary/aromatic N) is 3. The van der Waals surface area contributed by atoms with Crippen molar-refractivity contribution >= 4 is 29.4 Å². The molecule has 0 bridgehead atoms. The Morgan fingerprint density at radius 2 is 2.07 bits per heavy atom. The van der Waals surface area contributed by atoms with E-state index >= 15 is 0 Å². The molecule has 1 amide bonds. The van der Waals surface area contributed by atoms with Crippen LogP contribution in [0.5, 0.6) is 0 Å². The summed E-state index contributed by atoms with van der Waals surface area (Å²) in [6, 6.07) is 5.84. The molecule has 15 heavy (non-hydrogen) atoms. The van der Waals surface area contributed by atoms with Crippen LogP contribution in [0.25, 0.3) is 0 Å². The summed E-state index contributed by atoms with van der Waals surface area (Å²) < 4.78 is 0. The van der Waals surface area contributed by atoms with Gasteiger partial charge >= 0.3 is 0 Å². The van der Waals surface area contributed by atoms with E-state index in [1.54, 1.807) is 0 Å². The summed E-state index contributed by atoms with van der Waals surface area (Å²) in [7, 11) is 0. The van der Waals surface area contributed by atoms with Crippen LogP contribution in [0, 0.1) is 6.92 Å². The average Bonchev–Trinajstić information content (AvgIpc) is 2.58. The van der Waals surface area contributed by atoms with Crippen molar-refractivity contribution in [3.63, 3.8) is 0 Å². The molecule has 0 aromatic heterocycles. The number of aliphatic imine (C=N–C) groups is 3. The van der Waals surface area contributed by atoms with Gasteiger partial charge in [0.05, 0.1) is 5.69 Å². The van der Waals surface area contributed by atoms with Crippen LogP contribution in [0.15, 0.2) is 33.2 Å². The van der Waals surface area contributed by atoms with Crippen molar-refractivity contribution in [2.75, 3.05) is 0 Å². The molecule has 0 spiro atoms. The van der Waals surface area contributed by atoms with E-state index in [4.69, 9.17) is 0 Å². The second-order valence-electron chi connectivity index (χ2n) is 3.51. The third kappa shape index (κ3) is 1.08. The maximum absolute atomic E-state index is 11.4. The number of hydrogen-bond acceptors (Lipinski definition) is 3. The molecule has 2 aliphatic heterocycles. The third-order valence-electron chi connectivity index (χ3n) is 2.43. The molecule has 4 heteroatoms. The topological polar surface area (TPSA) is 54.1 Å². The molecular weight excluding hydrogens is 190 g/mol. The molecule has 1 aromatic rings. The number of aryl methyl sites for hydroxylation is 1. The Kier molecular flexibility index (Phi) is 1.48. The van der Waals surface area contributed by atoms with Crippen LogP contribution in [-0.4, -0.2) is 23.7 Å². The summed E-state index contributed by atoms with van der Waals surface area (Å²) in [4.78, 5) is 23.3. The van der Waals surface area contributed by atoms with Crippen molar-refractivity contribution in [1.29, 1.82) is 0 Å². The maximum Gasteiger partial charge on any atom is 0.299 e. The minimum absolute atomic E-state index is 0.311. The first-order valence-electron chi connectivity index (χ1n) is 4.60. The zero-order chi connectivity index (χ0) is 10.4. The van der Waals surface area contributed by atoms with Crippen molar-refractivity contribution < 1.29 is 4.79 Å². The van der Waals surface area contributed by atoms with E-state index in [1.165, 1.54) is 6.34 Å². The molecule has 2 heterocycles. The van der Waals surface area contributed by atoms with Gasteiger partial charge in [-0.2, -0.15) is 4.99 Å². The van der Waals surface area contributed by atoms with E-state index < -0.39 is 0 Å². The van der Waals surface area contributed by atoms with E-state index in [-0.39, 0.29) is 5.91 Å². The Labute approximate surface area is 86.1 Å². The number of hydrogen-bond donors (Lipinski definition) is 0. The summed E-state index contributed by atoms with van der Waals surface area (Å²) in [5.41, 5.74) is 3.85. The second-order valence-corrected chi connectivity index (χ2v) is 3.51. The summed E-state index contributed by atoms with van der Waals surface area (Å²) in [6.07, 6.45) is 1.29. The highest BCUT2D eigenvalue weighted by atomic mass is 16.1. The smallest absolute Gasteiger partial charge is 0.265 e. The van der Waals surface area contributed by atoms with Gasteiger partial charge in [0.1, 0.15) is 12.1 Å². The number of carbonyl (C=O) groups excluding carboxylic acids is 1. The lowest BCUT2D eigenvalue weighted by Crippen LogP contribution is -2.23. The molecule has 1 aromatic carbocycles. The SMILES string of the molecule is Cc1ccc2c(c1)C1=NC=NC(=O)C1=N2. The zero-order valence-electron chi connectivity index (χ0n) is 8.06. The van der Waals surface area contributed by atoms with E-state index in [9.17, 15) is 4.79 Å². The van der Waals surface area contributed by atoms with Gasteiger partial charge in [0, 0.05) is 5.56 Å². The number of benzene rings is 1. The molecule has 0 aliphatic carbocycles. The molecule has 0 atom stereocenters. The van der Waals surface area contributed by atoms with Crippen LogP contribution in [0.4, 0.5) is 5.69 Å². The molecule has 0 saturated carbocycles. The van der Waals surface area contributed by atoms with Gasteiger partial charge in [0.25, 0.3) is 5.91 Å². The fourth-order valence-corrected chi connectivity index (χ4v) is 1.72. The molecule has 3 rings (SSSR count). The van der Waals surface area contributed by atoms with E-state index in [0.717, 1.165) is 16.8 Å². The summed E-state index contributed by atoms with van der Waals surface area (Å²) >= 11 is 0. The van der Waals surface area contributed by atoms with Crippen molar-refractivity contribution in [3.8, 4) is 0 Å². The number of fused-ring (bicyclic) bond motifs is 3. The Morgan fingerprint density at radius 3 is 2.93 bits per heavy atom. The zero-order valence-corrected chi connectivity index (χ0v) is 8.06. The van der Waals surface area contributed by atoms with Crippen molar-refractivity contribution in [3.05, 3.63) is 29.3 Å². The first kappa shape index (κ1) is 8.23. The highest BCUT2D eigenvalue weighted by Crippen LogP contribution is 2.29. The largest absolute Gasteiger partial charge is 0.299 e. The quantitative estimate of drug-likeness (QED) is 0.620. The highest BCUT2D eigenvalue weighted by Gasteiger charge is 2.29. The van der Waals surface area contributed by atoms with Gasteiger partial charge in [0.2, 0.25) is 0 Å². The predicted octanol–water partition coefficient (Wildman–Crippen LogP) is 1.44. The van der Waals surface area contributed by atoms with Gasteiger partial charge in [-0.05, 0) is 19.1 Å². The minimum atomic E-state index is -0.311. The molecule has 72 valence electrons. The van der Waals surface area contributed by atoms with Crippen LogP contribution < -0.4 is 0 Å². The van der Waals surface area contributed by atoms with Gasteiger partial charge in [-0.25, -0.2) is 9.98 Å².